The average molecular weight is 222 g/mol. The van der Waals surface area contributed by atoms with Gasteiger partial charge in [-0.2, -0.15) is 10.2 Å². The lowest BCUT2D eigenvalue weighted by Crippen LogP contribution is -2.31. The van der Waals surface area contributed by atoms with E-state index in [1.165, 1.54) is 0 Å². The minimum absolute atomic E-state index is 0.115. The van der Waals surface area contributed by atoms with Gasteiger partial charge in [0.05, 0.1) is 17.0 Å². The van der Waals surface area contributed by atoms with Gasteiger partial charge in [-0.15, -0.1) is 0 Å². The molecule has 0 spiro atoms. The molecule has 0 fully saturated rings. The molecule has 3 N–H and O–H groups in total. The van der Waals surface area contributed by atoms with E-state index in [2.05, 4.69) is 15.5 Å². The van der Waals surface area contributed by atoms with Gasteiger partial charge in [-0.05, 0) is 32.4 Å². The zero-order valence-electron chi connectivity index (χ0n) is 9.95. The van der Waals surface area contributed by atoms with Crippen LogP contribution in [0.2, 0.25) is 0 Å². The maximum Gasteiger partial charge on any atom is 0.253 e. The minimum atomic E-state index is -0.115. The Morgan fingerprint density at radius 1 is 1.50 bits per heavy atom. The van der Waals surface area contributed by atoms with Crippen molar-refractivity contribution >= 4 is 5.91 Å². The number of aromatic nitrogens is 2. The van der Waals surface area contributed by atoms with E-state index in [1.54, 1.807) is 13.0 Å². The average Bonchev–Trinajstić information content (AvgIpc) is 2.28. The van der Waals surface area contributed by atoms with Crippen molar-refractivity contribution in [2.75, 3.05) is 13.1 Å². The highest BCUT2D eigenvalue weighted by atomic mass is 16.1. The predicted molar refractivity (Wildman–Crippen MR) is 62.1 cm³/mol. The van der Waals surface area contributed by atoms with Crippen molar-refractivity contribution in [1.82, 2.24) is 15.5 Å². The molecule has 88 valence electrons. The number of hydrogen-bond donors (Lipinski definition) is 2. The van der Waals surface area contributed by atoms with Crippen LogP contribution in [-0.4, -0.2) is 29.2 Å². The Balaban J connectivity index is 2.69. The van der Waals surface area contributed by atoms with Gasteiger partial charge in [0.15, 0.2) is 0 Å². The van der Waals surface area contributed by atoms with Crippen molar-refractivity contribution in [1.29, 1.82) is 0 Å². The lowest BCUT2D eigenvalue weighted by Gasteiger charge is -2.11. The largest absolute Gasteiger partial charge is 0.352 e. The van der Waals surface area contributed by atoms with Crippen LogP contribution in [0.5, 0.6) is 0 Å². The van der Waals surface area contributed by atoms with Gasteiger partial charge >= 0.3 is 0 Å². The Morgan fingerprint density at radius 2 is 2.19 bits per heavy atom. The monoisotopic (exact) mass is 222 g/mol. The first-order valence-electron chi connectivity index (χ1n) is 5.33. The number of carbonyl (C=O) groups is 1. The van der Waals surface area contributed by atoms with Gasteiger partial charge in [-0.1, -0.05) is 6.92 Å². The quantitative estimate of drug-likeness (QED) is 0.773. The molecule has 0 aliphatic rings. The van der Waals surface area contributed by atoms with Gasteiger partial charge < -0.3 is 11.1 Å². The summed E-state index contributed by atoms with van der Waals surface area (Å²) in [5.41, 5.74) is 7.44. The van der Waals surface area contributed by atoms with Crippen molar-refractivity contribution in [3.05, 3.63) is 23.0 Å². The Morgan fingerprint density at radius 3 is 2.81 bits per heavy atom. The fourth-order valence-electron chi connectivity index (χ4n) is 1.23. The summed E-state index contributed by atoms with van der Waals surface area (Å²) in [5, 5.41) is 10.6. The molecule has 1 unspecified atom stereocenters. The summed E-state index contributed by atoms with van der Waals surface area (Å²) in [6, 6.07) is 1.74. The molecule has 0 aromatic carbocycles. The third-order valence-electron chi connectivity index (χ3n) is 2.36. The molecule has 1 aromatic heterocycles. The maximum absolute atomic E-state index is 11.8. The topological polar surface area (TPSA) is 80.9 Å². The molecule has 1 atom stereocenters. The Bertz CT molecular complexity index is 378. The van der Waals surface area contributed by atoms with Gasteiger partial charge in [0.2, 0.25) is 0 Å². The third-order valence-corrected chi connectivity index (χ3v) is 2.36. The van der Waals surface area contributed by atoms with E-state index in [4.69, 9.17) is 5.73 Å². The summed E-state index contributed by atoms with van der Waals surface area (Å²) in [6.45, 7) is 6.71. The van der Waals surface area contributed by atoms with Crippen molar-refractivity contribution in [2.45, 2.75) is 20.8 Å². The Kier molecular flexibility index (Phi) is 4.37. The number of aryl methyl sites for hydroxylation is 2. The number of amides is 1. The van der Waals surface area contributed by atoms with E-state index in [0.717, 1.165) is 5.69 Å². The SMILES string of the molecule is Cc1cc(C(=O)NCC(C)CN)c(C)nn1. The van der Waals surface area contributed by atoms with E-state index in [9.17, 15) is 4.79 Å². The predicted octanol–water partition coefficient (Wildman–Crippen LogP) is 0.418. The summed E-state index contributed by atoms with van der Waals surface area (Å²) in [4.78, 5) is 11.8. The molecule has 5 heteroatoms. The summed E-state index contributed by atoms with van der Waals surface area (Å²) >= 11 is 0. The molecule has 16 heavy (non-hydrogen) atoms. The summed E-state index contributed by atoms with van der Waals surface area (Å²) < 4.78 is 0. The van der Waals surface area contributed by atoms with Crippen LogP contribution in [-0.2, 0) is 0 Å². The second kappa shape index (κ2) is 5.55. The number of nitrogens with two attached hydrogens (primary N) is 1. The fraction of sp³-hybridized carbons (Fsp3) is 0.545. The first kappa shape index (κ1) is 12.6. The highest BCUT2D eigenvalue weighted by Crippen LogP contribution is 2.05. The number of nitrogens with zero attached hydrogens (tertiary/aromatic N) is 2. The molecule has 0 bridgehead atoms. The number of rotatable bonds is 4. The van der Waals surface area contributed by atoms with Crippen LogP contribution < -0.4 is 11.1 Å². The van der Waals surface area contributed by atoms with E-state index in [-0.39, 0.29) is 11.8 Å². The number of carbonyl (C=O) groups excluding carboxylic acids is 1. The summed E-state index contributed by atoms with van der Waals surface area (Å²) in [6.07, 6.45) is 0. The Labute approximate surface area is 95.4 Å². The molecule has 1 rings (SSSR count). The molecular formula is C11H18N4O. The molecule has 5 nitrogen and oxygen atoms in total. The van der Waals surface area contributed by atoms with Gasteiger partial charge in [0.25, 0.3) is 5.91 Å². The molecule has 0 radical (unpaired) electrons. The maximum atomic E-state index is 11.8. The Hall–Kier alpha value is -1.49. The molecule has 0 aliphatic heterocycles. The number of nitrogens with one attached hydrogen (secondary N) is 1. The lowest BCUT2D eigenvalue weighted by atomic mass is 10.1. The minimum Gasteiger partial charge on any atom is -0.352 e. The fourth-order valence-corrected chi connectivity index (χ4v) is 1.23. The summed E-state index contributed by atoms with van der Waals surface area (Å²) in [5.74, 6) is 0.163. The molecular weight excluding hydrogens is 204 g/mol. The van der Waals surface area contributed by atoms with Crippen LogP contribution in [0.4, 0.5) is 0 Å². The first-order chi connectivity index (χ1) is 7.54. The zero-order chi connectivity index (χ0) is 12.1. The third kappa shape index (κ3) is 3.27. The van der Waals surface area contributed by atoms with E-state index in [1.807, 2.05) is 13.8 Å². The molecule has 1 heterocycles. The normalized spacial score (nSPS) is 12.2. The van der Waals surface area contributed by atoms with Crippen LogP contribution in [0, 0.1) is 19.8 Å². The van der Waals surface area contributed by atoms with E-state index < -0.39 is 0 Å². The smallest absolute Gasteiger partial charge is 0.253 e. The van der Waals surface area contributed by atoms with Gasteiger partial charge in [0.1, 0.15) is 0 Å². The van der Waals surface area contributed by atoms with E-state index in [0.29, 0.717) is 24.3 Å². The highest BCUT2D eigenvalue weighted by Gasteiger charge is 2.11. The molecule has 0 saturated heterocycles. The molecule has 1 amide bonds. The van der Waals surface area contributed by atoms with Crippen LogP contribution in [0.1, 0.15) is 28.7 Å². The van der Waals surface area contributed by atoms with Gasteiger partial charge in [0, 0.05) is 6.54 Å². The highest BCUT2D eigenvalue weighted by molar-refractivity contribution is 5.95. The number of hydrogen-bond acceptors (Lipinski definition) is 4. The lowest BCUT2D eigenvalue weighted by molar-refractivity contribution is 0.0947. The van der Waals surface area contributed by atoms with E-state index >= 15 is 0 Å². The zero-order valence-corrected chi connectivity index (χ0v) is 9.95. The first-order valence-corrected chi connectivity index (χ1v) is 5.33. The summed E-state index contributed by atoms with van der Waals surface area (Å²) in [7, 11) is 0. The second-order valence-corrected chi connectivity index (χ2v) is 4.04. The second-order valence-electron chi connectivity index (χ2n) is 4.04. The van der Waals surface area contributed by atoms with Crippen molar-refractivity contribution in [3.63, 3.8) is 0 Å². The standard InChI is InChI=1S/C11H18N4O/c1-7(5-12)6-13-11(16)10-4-8(2)14-15-9(10)3/h4,7H,5-6,12H2,1-3H3,(H,13,16). The van der Waals surface area contributed by atoms with Crippen LogP contribution in [0.25, 0.3) is 0 Å². The van der Waals surface area contributed by atoms with Gasteiger partial charge in [-0.25, -0.2) is 0 Å². The van der Waals surface area contributed by atoms with Crippen LogP contribution in [0.3, 0.4) is 0 Å². The van der Waals surface area contributed by atoms with Crippen molar-refractivity contribution in [2.24, 2.45) is 11.7 Å². The van der Waals surface area contributed by atoms with Crippen LogP contribution in [0.15, 0.2) is 6.07 Å². The molecule has 0 saturated carbocycles. The van der Waals surface area contributed by atoms with Crippen LogP contribution >= 0.6 is 0 Å². The molecule has 1 aromatic rings. The van der Waals surface area contributed by atoms with Crippen molar-refractivity contribution in [3.8, 4) is 0 Å². The van der Waals surface area contributed by atoms with Crippen molar-refractivity contribution < 1.29 is 4.79 Å². The molecule has 0 aliphatic carbocycles. The van der Waals surface area contributed by atoms with Gasteiger partial charge in [-0.3, -0.25) is 4.79 Å².